The molecular formula is C27H31ClN2O2. The molecule has 3 aromatic rings. The van der Waals surface area contributed by atoms with E-state index in [1.807, 2.05) is 49.5 Å². The zero-order valence-electron chi connectivity index (χ0n) is 18.9. The summed E-state index contributed by atoms with van der Waals surface area (Å²) in [5.74, 6) is 1.43. The predicted molar refractivity (Wildman–Crippen MR) is 133 cm³/mol. The highest BCUT2D eigenvalue weighted by molar-refractivity contribution is 6.30. The molecule has 0 radical (unpaired) electrons. The lowest BCUT2D eigenvalue weighted by molar-refractivity contribution is 0.353. The van der Waals surface area contributed by atoms with Crippen molar-refractivity contribution in [1.82, 2.24) is 10.6 Å². The summed E-state index contributed by atoms with van der Waals surface area (Å²) in [6.45, 7) is 4.25. The number of benzene rings is 3. The van der Waals surface area contributed by atoms with Crippen molar-refractivity contribution in [2.75, 3.05) is 21.3 Å². The SMILES string of the molecule is C=C(NC)C(N[C@@H](CCc1ccc(Cl)cc1)c1ccc(OC)c(OC)c1)c1ccccc1. The quantitative estimate of drug-likeness (QED) is 0.370. The zero-order chi connectivity index (χ0) is 22.9. The Kier molecular flexibility index (Phi) is 8.60. The van der Waals surface area contributed by atoms with Crippen molar-refractivity contribution in [3.05, 3.63) is 107 Å². The van der Waals surface area contributed by atoms with Crippen LogP contribution in [0, 0.1) is 0 Å². The first-order valence-corrected chi connectivity index (χ1v) is 11.1. The molecule has 0 bridgehead atoms. The maximum atomic E-state index is 6.06. The van der Waals surface area contributed by atoms with Crippen molar-refractivity contribution >= 4 is 11.6 Å². The Balaban J connectivity index is 1.93. The van der Waals surface area contributed by atoms with Gasteiger partial charge in [-0.3, -0.25) is 5.32 Å². The number of hydrogen-bond acceptors (Lipinski definition) is 4. The van der Waals surface area contributed by atoms with Crippen LogP contribution < -0.4 is 20.1 Å². The summed E-state index contributed by atoms with van der Waals surface area (Å²) in [4.78, 5) is 0. The van der Waals surface area contributed by atoms with E-state index >= 15 is 0 Å². The third-order valence-electron chi connectivity index (χ3n) is 5.62. The average molecular weight is 451 g/mol. The van der Waals surface area contributed by atoms with Crippen LogP contribution in [0.1, 0.15) is 35.2 Å². The minimum absolute atomic E-state index is 0.0514. The van der Waals surface area contributed by atoms with E-state index < -0.39 is 0 Å². The van der Waals surface area contributed by atoms with Crippen molar-refractivity contribution in [2.45, 2.75) is 24.9 Å². The van der Waals surface area contributed by atoms with Gasteiger partial charge in [-0.05, 0) is 53.8 Å². The van der Waals surface area contributed by atoms with E-state index in [2.05, 4.69) is 47.5 Å². The lowest BCUT2D eigenvalue weighted by Gasteiger charge is -2.28. The molecule has 3 rings (SSSR count). The molecule has 2 atom stereocenters. The van der Waals surface area contributed by atoms with Crippen molar-refractivity contribution in [2.24, 2.45) is 0 Å². The Morgan fingerprint density at radius 3 is 2.22 bits per heavy atom. The van der Waals surface area contributed by atoms with Gasteiger partial charge in [-0.15, -0.1) is 0 Å². The molecule has 168 valence electrons. The Hall–Kier alpha value is -2.95. The zero-order valence-corrected chi connectivity index (χ0v) is 19.7. The molecule has 32 heavy (non-hydrogen) atoms. The van der Waals surface area contributed by atoms with Gasteiger partial charge in [0.1, 0.15) is 0 Å². The maximum absolute atomic E-state index is 6.06. The van der Waals surface area contributed by atoms with Gasteiger partial charge in [-0.2, -0.15) is 0 Å². The van der Waals surface area contributed by atoms with Crippen molar-refractivity contribution in [1.29, 1.82) is 0 Å². The molecule has 1 unspecified atom stereocenters. The summed E-state index contributed by atoms with van der Waals surface area (Å²) in [7, 11) is 5.21. The van der Waals surface area contributed by atoms with Gasteiger partial charge in [0.25, 0.3) is 0 Å². The van der Waals surface area contributed by atoms with Crippen LogP contribution in [-0.2, 0) is 6.42 Å². The summed E-state index contributed by atoms with van der Waals surface area (Å²) in [6.07, 6.45) is 1.79. The topological polar surface area (TPSA) is 42.5 Å². The Labute approximate surface area is 196 Å². The van der Waals surface area contributed by atoms with Crippen molar-refractivity contribution in [3.8, 4) is 11.5 Å². The summed E-state index contributed by atoms with van der Waals surface area (Å²) < 4.78 is 11.0. The lowest BCUT2D eigenvalue weighted by atomic mass is 9.95. The molecule has 0 heterocycles. The Morgan fingerprint density at radius 1 is 0.906 bits per heavy atom. The summed E-state index contributed by atoms with van der Waals surface area (Å²) >= 11 is 6.06. The predicted octanol–water partition coefficient (Wildman–Crippen LogP) is 6.10. The standard InChI is InChI=1S/C27H31ClN2O2/c1-19(29-2)27(21-8-6-5-7-9-21)30-24(16-12-20-10-14-23(28)15-11-20)22-13-17-25(31-3)26(18-22)32-4/h5-11,13-15,17-18,24,27,29-30H,1,12,16H2,2-4H3/t24-,27?/m0/s1. The summed E-state index contributed by atoms with van der Waals surface area (Å²) in [5.41, 5.74) is 4.43. The number of nitrogens with one attached hydrogen (secondary N) is 2. The first kappa shape index (κ1) is 23.7. The molecule has 0 saturated heterocycles. The largest absolute Gasteiger partial charge is 0.493 e. The van der Waals surface area contributed by atoms with Crippen LogP contribution in [0.4, 0.5) is 0 Å². The van der Waals surface area contributed by atoms with Gasteiger partial charge in [-0.1, -0.05) is 66.7 Å². The summed E-state index contributed by atoms with van der Waals surface area (Å²) in [6, 6.07) is 24.5. The van der Waals surface area contributed by atoms with Crippen molar-refractivity contribution < 1.29 is 9.47 Å². The van der Waals surface area contributed by atoms with E-state index in [1.54, 1.807) is 14.2 Å². The van der Waals surface area contributed by atoms with E-state index in [9.17, 15) is 0 Å². The molecule has 0 amide bonds. The van der Waals surface area contributed by atoms with Crippen LogP contribution in [0.15, 0.2) is 85.1 Å². The third kappa shape index (κ3) is 6.06. The Bertz CT molecular complexity index is 1010. The highest BCUT2D eigenvalue weighted by Gasteiger charge is 2.22. The monoisotopic (exact) mass is 450 g/mol. The van der Waals surface area contributed by atoms with Crippen molar-refractivity contribution in [3.63, 3.8) is 0 Å². The first-order valence-electron chi connectivity index (χ1n) is 10.7. The molecular weight excluding hydrogens is 420 g/mol. The minimum Gasteiger partial charge on any atom is -0.493 e. The van der Waals surface area contributed by atoms with Crippen LogP contribution in [0.2, 0.25) is 5.02 Å². The second-order valence-corrected chi connectivity index (χ2v) is 8.05. The molecule has 0 aliphatic carbocycles. The molecule has 4 nitrogen and oxygen atoms in total. The minimum atomic E-state index is -0.0514. The third-order valence-corrected chi connectivity index (χ3v) is 5.87. The van der Waals surface area contributed by atoms with Crippen LogP contribution in [0.25, 0.3) is 0 Å². The number of rotatable bonds is 11. The second kappa shape index (κ2) is 11.6. The average Bonchev–Trinajstić information content (AvgIpc) is 2.85. The van der Waals surface area contributed by atoms with Gasteiger partial charge in [0, 0.05) is 23.8 Å². The number of likely N-dealkylation sites (N-methyl/N-ethyl adjacent to an activating group) is 1. The first-order chi connectivity index (χ1) is 15.5. The summed E-state index contributed by atoms with van der Waals surface area (Å²) in [5, 5.41) is 7.80. The Morgan fingerprint density at radius 2 is 1.59 bits per heavy atom. The van der Waals surface area contributed by atoms with E-state index in [0.29, 0.717) is 11.5 Å². The van der Waals surface area contributed by atoms with Gasteiger partial charge in [0.2, 0.25) is 0 Å². The second-order valence-electron chi connectivity index (χ2n) is 7.62. The molecule has 0 fully saturated rings. The van der Waals surface area contributed by atoms with Crippen LogP contribution >= 0.6 is 11.6 Å². The fraction of sp³-hybridized carbons (Fsp3) is 0.259. The number of halogens is 1. The molecule has 5 heteroatoms. The van der Waals surface area contributed by atoms with E-state index in [1.165, 1.54) is 5.56 Å². The normalized spacial score (nSPS) is 12.6. The van der Waals surface area contributed by atoms with Crippen LogP contribution in [-0.4, -0.2) is 21.3 Å². The van der Waals surface area contributed by atoms with E-state index in [0.717, 1.165) is 34.7 Å². The van der Waals surface area contributed by atoms with Crippen LogP contribution in [0.3, 0.4) is 0 Å². The molecule has 3 aromatic carbocycles. The smallest absolute Gasteiger partial charge is 0.161 e. The maximum Gasteiger partial charge on any atom is 0.161 e. The highest BCUT2D eigenvalue weighted by atomic mass is 35.5. The van der Waals surface area contributed by atoms with E-state index in [4.69, 9.17) is 21.1 Å². The highest BCUT2D eigenvalue weighted by Crippen LogP contribution is 2.33. The fourth-order valence-electron chi connectivity index (χ4n) is 3.77. The van der Waals surface area contributed by atoms with E-state index in [-0.39, 0.29) is 12.1 Å². The van der Waals surface area contributed by atoms with Gasteiger partial charge in [0.15, 0.2) is 11.5 Å². The molecule has 2 N–H and O–H groups in total. The van der Waals surface area contributed by atoms with Crippen LogP contribution in [0.5, 0.6) is 11.5 Å². The number of methoxy groups -OCH3 is 2. The number of hydrogen-bond donors (Lipinski definition) is 2. The molecule has 0 spiro atoms. The lowest BCUT2D eigenvalue weighted by Crippen LogP contribution is -2.31. The van der Waals surface area contributed by atoms with Gasteiger partial charge >= 0.3 is 0 Å². The molecule has 0 aliphatic rings. The number of ether oxygens (including phenoxy) is 2. The van der Waals surface area contributed by atoms with Gasteiger partial charge < -0.3 is 14.8 Å². The fourth-order valence-corrected chi connectivity index (χ4v) is 3.89. The van der Waals surface area contributed by atoms with Gasteiger partial charge in [-0.25, -0.2) is 0 Å². The molecule has 0 saturated carbocycles. The number of aryl methyl sites for hydroxylation is 1. The van der Waals surface area contributed by atoms with Gasteiger partial charge in [0.05, 0.1) is 20.3 Å². The molecule has 0 aromatic heterocycles. The molecule has 0 aliphatic heterocycles.